The Kier molecular flexibility index (Phi) is 1.14. The molecule has 0 spiro atoms. The molecule has 0 unspecified atom stereocenters. The molecule has 10 heavy (non-hydrogen) atoms. The van der Waals surface area contributed by atoms with Gasteiger partial charge in [-0.3, -0.25) is 5.10 Å². The van der Waals surface area contributed by atoms with E-state index in [0.29, 0.717) is 0 Å². The molecule has 2 rings (SSSR count). The molecule has 54 valence electrons. The summed E-state index contributed by atoms with van der Waals surface area (Å²) in [6, 6.07) is 0. The third kappa shape index (κ3) is 0.623. The summed E-state index contributed by atoms with van der Waals surface area (Å²) in [4.78, 5) is 0. The summed E-state index contributed by atoms with van der Waals surface area (Å²) in [5.41, 5.74) is 2.49. The topological polar surface area (TPSA) is 52.7 Å². The second kappa shape index (κ2) is 1.98. The van der Waals surface area contributed by atoms with Crippen molar-refractivity contribution in [1.82, 2.24) is 15.5 Å². The second-order valence-corrected chi connectivity index (χ2v) is 2.38. The van der Waals surface area contributed by atoms with Gasteiger partial charge < -0.3 is 10.6 Å². The van der Waals surface area contributed by atoms with Gasteiger partial charge in [0.1, 0.15) is 0 Å². The summed E-state index contributed by atoms with van der Waals surface area (Å²) >= 11 is 0. The average Bonchev–Trinajstić information content (AvgIpc) is 2.44. The molecule has 4 nitrogen and oxygen atoms in total. The standard InChI is InChI=1S/C6H10N4/c1-7-6-4-2-8-3-5(4)9-10-6/h8H,2-3H2,1H3,(H2,7,9,10). The maximum atomic E-state index is 4.08. The largest absolute Gasteiger partial charge is 0.371 e. The summed E-state index contributed by atoms with van der Waals surface area (Å²) in [6.07, 6.45) is 0. The number of aromatic amines is 1. The van der Waals surface area contributed by atoms with Gasteiger partial charge in [-0.15, -0.1) is 0 Å². The number of aromatic nitrogens is 2. The van der Waals surface area contributed by atoms with Gasteiger partial charge in [0.15, 0.2) is 5.82 Å². The molecule has 0 fully saturated rings. The van der Waals surface area contributed by atoms with E-state index >= 15 is 0 Å². The lowest BCUT2D eigenvalue weighted by atomic mass is 10.3. The van der Waals surface area contributed by atoms with Crippen molar-refractivity contribution in [2.24, 2.45) is 0 Å². The van der Waals surface area contributed by atoms with Crippen LogP contribution in [0.2, 0.25) is 0 Å². The van der Waals surface area contributed by atoms with Gasteiger partial charge in [-0.05, 0) is 0 Å². The molecule has 0 aromatic carbocycles. The van der Waals surface area contributed by atoms with Crippen LogP contribution in [0.15, 0.2) is 0 Å². The first-order valence-electron chi connectivity index (χ1n) is 3.36. The number of fused-ring (bicyclic) bond motifs is 1. The smallest absolute Gasteiger partial charge is 0.152 e. The maximum absolute atomic E-state index is 4.08. The zero-order valence-corrected chi connectivity index (χ0v) is 5.86. The quantitative estimate of drug-likeness (QED) is 0.514. The van der Waals surface area contributed by atoms with Crippen LogP contribution in [-0.2, 0) is 13.1 Å². The maximum Gasteiger partial charge on any atom is 0.152 e. The van der Waals surface area contributed by atoms with Crippen molar-refractivity contribution in [1.29, 1.82) is 0 Å². The van der Waals surface area contributed by atoms with Gasteiger partial charge in [-0.2, -0.15) is 5.10 Å². The molecule has 0 aliphatic carbocycles. The molecule has 0 atom stereocenters. The summed E-state index contributed by atoms with van der Waals surface area (Å²) in [6.45, 7) is 1.85. The molecule has 1 aliphatic heterocycles. The fourth-order valence-corrected chi connectivity index (χ4v) is 1.26. The van der Waals surface area contributed by atoms with Crippen LogP contribution in [-0.4, -0.2) is 17.2 Å². The lowest BCUT2D eigenvalue weighted by molar-refractivity contribution is 0.743. The Hall–Kier alpha value is -1.03. The van der Waals surface area contributed by atoms with Crippen LogP contribution in [0.1, 0.15) is 11.3 Å². The molecule has 3 N–H and O–H groups in total. The fourth-order valence-electron chi connectivity index (χ4n) is 1.26. The van der Waals surface area contributed by atoms with E-state index in [1.54, 1.807) is 0 Å². The van der Waals surface area contributed by atoms with Crippen molar-refractivity contribution in [3.63, 3.8) is 0 Å². The first-order chi connectivity index (χ1) is 4.92. The summed E-state index contributed by atoms with van der Waals surface area (Å²) < 4.78 is 0. The van der Waals surface area contributed by atoms with E-state index in [2.05, 4.69) is 20.8 Å². The van der Waals surface area contributed by atoms with Gasteiger partial charge in [0.05, 0.1) is 5.69 Å². The van der Waals surface area contributed by atoms with E-state index in [1.807, 2.05) is 7.05 Å². The molecule has 1 aromatic heterocycles. The molecule has 0 amide bonds. The lowest BCUT2D eigenvalue weighted by Gasteiger charge is -1.94. The van der Waals surface area contributed by atoms with Crippen LogP contribution in [0.5, 0.6) is 0 Å². The predicted molar refractivity (Wildman–Crippen MR) is 38.7 cm³/mol. The Bertz CT molecular complexity index is 240. The van der Waals surface area contributed by atoms with E-state index in [1.165, 1.54) is 11.3 Å². The first-order valence-corrected chi connectivity index (χ1v) is 3.36. The Morgan fingerprint density at radius 3 is 3.20 bits per heavy atom. The molecule has 2 heterocycles. The third-order valence-electron chi connectivity index (χ3n) is 1.79. The van der Waals surface area contributed by atoms with Gasteiger partial charge in [0, 0.05) is 25.7 Å². The zero-order chi connectivity index (χ0) is 6.97. The molecule has 4 heteroatoms. The van der Waals surface area contributed by atoms with Gasteiger partial charge in [0.2, 0.25) is 0 Å². The van der Waals surface area contributed by atoms with Crippen LogP contribution in [0.4, 0.5) is 5.82 Å². The molecule has 0 saturated heterocycles. The third-order valence-corrected chi connectivity index (χ3v) is 1.79. The van der Waals surface area contributed by atoms with E-state index < -0.39 is 0 Å². The first kappa shape index (κ1) is 5.73. The fraction of sp³-hybridized carbons (Fsp3) is 0.500. The minimum Gasteiger partial charge on any atom is -0.371 e. The van der Waals surface area contributed by atoms with Crippen LogP contribution in [0.3, 0.4) is 0 Å². The van der Waals surface area contributed by atoms with Crippen LogP contribution < -0.4 is 10.6 Å². The minimum absolute atomic E-state index is 0.921. The van der Waals surface area contributed by atoms with E-state index in [4.69, 9.17) is 0 Å². The summed E-state index contributed by atoms with van der Waals surface area (Å²) in [5, 5.41) is 13.3. The highest BCUT2D eigenvalue weighted by Gasteiger charge is 2.16. The number of rotatable bonds is 1. The van der Waals surface area contributed by atoms with Gasteiger partial charge in [-0.1, -0.05) is 0 Å². The number of anilines is 1. The summed E-state index contributed by atoms with van der Waals surface area (Å²) in [7, 11) is 1.88. The Labute approximate surface area is 59.0 Å². The Morgan fingerprint density at radius 2 is 2.40 bits per heavy atom. The zero-order valence-electron chi connectivity index (χ0n) is 5.86. The number of hydrogen-bond donors (Lipinski definition) is 3. The number of H-pyrrole nitrogens is 1. The van der Waals surface area contributed by atoms with E-state index in [0.717, 1.165) is 18.9 Å². The highest BCUT2D eigenvalue weighted by Crippen LogP contribution is 2.19. The lowest BCUT2D eigenvalue weighted by Crippen LogP contribution is -2.03. The molecular formula is C6H10N4. The van der Waals surface area contributed by atoms with Crippen molar-refractivity contribution < 1.29 is 0 Å². The van der Waals surface area contributed by atoms with Gasteiger partial charge in [0.25, 0.3) is 0 Å². The van der Waals surface area contributed by atoms with Crippen molar-refractivity contribution in [2.75, 3.05) is 12.4 Å². The average molecular weight is 138 g/mol. The minimum atomic E-state index is 0.921. The van der Waals surface area contributed by atoms with Crippen molar-refractivity contribution in [3.05, 3.63) is 11.3 Å². The number of nitrogens with zero attached hydrogens (tertiary/aromatic N) is 1. The predicted octanol–water partition coefficient (Wildman–Crippen LogP) is 0.0546. The number of hydrogen-bond acceptors (Lipinski definition) is 3. The normalized spacial score (nSPS) is 15.3. The van der Waals surface area contributed by atoms with Crippen molar-refractivity contribution in [3.8, 4) is 0 Å². The Balaban J connectivity index is 2.44. The van der Waals surface area contributed by atoms with Crippen LogP contribution in [0, 0.1) is 0 Å². The highest BCUT2D eigenvalue weighted by atomic mass is 15.2. The monoisotopic (exact) mass is 138 g/mol. The SMILES string of the molecule is CNc1n[nH]c2c1CNC2. The van der Waals surface area contributed by atoms with Gasteiger partial charge >= 0.3 is 0 Å². The van der Waals surface area contributed by atoms with E-state index in [-0.39, 0.29) is 0 Å². The van der Waals surface area contributed by atoms with Crippen molar-refractivity contribution >= 4 is 5.82 Å². The molecule has 1 aliphatic rings. The van der Waals surface area contributed by atoms with E-state index in [9.17, 15) is 0 Å². The molecule has 1 aromatic rings. The summed E-state index contributed by atoms with van der Waals surface area (Å²) in [5.74, 6) is 0.972. The van der Waals surface area contributed by atoms with Crippen LogP contribution >= 0.6 is 0 Å². The van der Waals surface area contributed by atoms with Gasteiger partial charge in [-0.25, -0.2) is 0 Å². The second-order valence-electron chi connectivity index (χ2n) is 2.38. The number of nitrogens with one attached hydrogen (secondary N) is 3. The Morgan fingerprint density at radius 1 is 1.50 bits per heavy atom. The van der Waals surface area contributed by atoms with Crippen LogP contribution in [0.25, 0.3) is 0 Å². The molecule has 0 radical (unpaired) electrons. The molecular weight excluding hydrogens is 128 g/mol. The molecule has 0 bridgehead atoms. The molecule has 0 saturated carbocycles. The highest BCUT2D eigenvalue weighted by molar-refractivity contribution is 5.47. The van der Waals surface area contributed by atoms with Crippen molar-refractivity contribution in [2.45, 2.75) is 13.1 Å².